The first-order valence-electron chi connectivity index (χ1n) is 5.43. The fourth-order valence-electron chi connectivity index (χ4n) is 1.39. The van der Waals surface area contributed by atoms with E-state index in [1.807, 2.05) is 24.3 Å². The van der Waals surface area contributed by atoms with E-state index in [2.05, 4.69) is 34.7 Å². The molecule has 0 aliphatic rings. The number of hydrogen-bond donors (Lipinski definition) is 1. The topological polar surface area (TPSA) is 55.6 Å². The van der Waals surface area contributed by atoms with Crippen LogP contribution in [0.3, 0.4) is 0 Å². The van der Waals surface area contributed by atoms with Gasteiger partial charge in [-0.1, -0.05) is 25.4 Å². The summed E-state index contributed by atoms with van der Waals surface area (Å²) in [7, 11) is 0. The second kappa shape index (κ2) is 5.25. The van der Waals surface area contributed by atoms with Crippen LogP contribution in [0.1, 0.15) is 19.7 Å². The standard InChI is InChI=1S/C11H14ClN5/c1-8(2)13-7-11-14-15-16-17(11)10-5-3-9(12)4-6-10/h3-6,8,13H,7H2,1-2H3. The smallest absolute Gasteiger partial charge is 0.170 e. The minimum absolute atomic E-state index is 0.394. The molecule has 90 valence electrons. The van der Waals surface area contributed by atoms with Gasteiger partial charge >= 0.3 is 0 Å². The average molecular weight is 252 g/mol. The van der Waals surface area contributed by atoms with Crippen molar-refractivity contribution in [2.75, 3.05) is 0 Å². The van der Waals surface area contributed by atoms with Gasteiger partial charge in [0.2, 0.25) is 0 Å². The van der Waals surface area contributed by atoms with Crippen LogP contribution in [0, 0.1) is 0 Å². The maximum atomic E-state index is 5.84. The van der Waals surface area contributed by atoms with Gasteiger partial charge in [-0.2, -0.15) is 4.68 Å². The Labute approximate surface area is 105 Å². The molecule has 0 saturated heterocycles. The minimum Gasteiger partial charge on any atom is -0.308 e. The van der Waals surface area contributed by atoms with E-state index in [1.165, 1.54) is 0 Å². The summed E-state index contributed by atoms with van der Waals surface area (Å²) in [5.41, 5.74) is 0.903. The van der Waals surface area contributed by atoms with Crippen LogP contribution in [0.4, 0.5) is 0 Å². The van der Waals surface area contributed by atoms with Crippen LogP contribution in [0.25, 0.3) is 5.69 Å². The van der Waals surface area contributed by atoms with Crippen LogP contribution in [-0.2, 0) is 6.54 Å². The van der Waals surface area contributed by atoms with Crippen molar-refractivity contribution >= 4 is 11.6 Å². The molecule has 0 atom stereocenters. The molecule has 1 aromatic heterocycles. The summed E-state index contributed by atoms with van der Waals surface area (Å²) in [4.78, 5) is 0. The van der Waals surface area contributed by atoms with Gasteiger partial charge in [-0.15, -0.1) is 5.10 Å². The number of aromatic nitrogens is 4. The molecule has 0 aliphatic carbocycles. The van der Waals surface area contributed by atoms with E-state index in [0.717, 1.165) is 11.5 Å². The molecule has 2 aromatic rings. The van der Waals surface area contributed by atoms with Gasteiger partial charge in [0.1, 0.15) is 0 Å². The molecule has 0 fully saturated rings. The quantitative estimate of drug-likeness (QED) is 0.901. The lowest BCUT2D eigenvalue weighted by Crippen LogP contribution is -2.24. The molecular weight excluding hydrogens is 238 g/mol. The van der Waals surface area contributed by atoms with E-state index in [-0.39, 0.29) is 0 Å². The molecular formula is C11H14ClN5. The Balaban J connectivity index is 2.21. The molecule has 1 heterocycles. The highest BCUT2D eigenvalue weighted by Gasteiger charge is 2.08. The molecule has 2 rings (SSSR count). The van der Waals surface area contributed by atoms with Gasteiger partial charge in [0.05, 0.1) is 12.2 Å². The van der Waals surface area contributed by atoms with Crippen molar-refractivity contribution in [3.8, 4) is 5.69 Å². The lowest BCUT2D eigenvalue weighted by Gasteiger charge is -2.08. The predicted octanol–water partition coefficient (Wildman–Crippen LogP) is 1.81. The van der Waals surface area contributed by atoms with E-state index in [9.17, 15) is 0 Å². The number of rotatable bonds is 4. The zero-order valence-electron chi connectivity index (χ0n) is 9.76. The molecule has 0 unspecified atom stereocenters. The van der Waals surface area contributed by atoms with Crippen molar-refractivity contribution < 1.29 is 0 Å². The third-order valence-electron chi connectivity index (χ3n) is 2.27. The number of hydrogen-bond acceptors (Lipinski definition) is 4. The molecule has 0 saturated carbocycles. The maximum Gasteiger partial charge on any atom is 0.170 e. The van der Waals surface area contributed by atoms with E-state index in [0.29, 0.717) is 17.6 Å². The molecule has 6 heteroatoms. The Morgan fingerprint density at radius 2 is 2.00 bits per heavy atom. The van der Waals surface area contributed by atoms with Gasteiger partial charge in [0, 0.05) is 11.1 Å². The largest absolute Gasteiger partial charge is 0.308 e. The molecule has 5 nitrogen and oxygen atoms in total. The van der Waals surface area contributed by atoms with Crippen LogP contribution in [-0.4, -0.2) is 26.2 Å². The van der Waals surface area contributed by atoms with Gasteiger partial charge in [-0.25, -0.2) is 0 Å². The SMILES string of the molecule is CC(C)NCc1nnnn1-c1ccc(Cl)cc1. The highest BCUT2D eigenvalue weighted by Crippen LogP contribution is 2.13. The van der Waals surface area contributed by atoms with Crippen LogP contribution in [0.2, 0.25) is 5.02 Å². The van der Waals surface area contributed by atoms with Crippen molar-refractivity contribution in [2.45, 2.75) is 26.4 Å². The van der Waals surface area contributed by atoms with E-state index in [1.54, 1.807) is 4.68 Å². The zero-order chi connectivity index (χ0) is 12.3. The lowest BCUT2D eigenvalue weighted by atomic mass is 10.3. The van der Waals surface area contributed by atoms with Crippen molar-refractivity contribution in [3.05, 3.63) is 35.1 Å². The van der Waals surface area contributed by atoms with Crippen LogP contribution >= 0.6 is 11.6 Å². The number of halogens is 1. The molecule has 1 aromatic carbocycles. The van der Waals surface area contributed by atoms with Crippen LogP contribution in [0.5, 0.6) is 0 Å². The first kappa shape index (κ1) is 12.0. The Hall–Kier alpha value is -1.46. The second-order valence-electron chi connectivity index (χ2n) is 4.02. The highest BCUT2D eigenvalue weighted by atomic mass is 35.5. The lowest BCUT2D eigenvalue weighted by molar-refractivity contribution is 0.563. The minimum atomic E-state index is 0.394. The first-order chi connectivity index (χ1) is 8.16. The Morgan fingerprint density at radius 1 is 1.29 bits per heavy atom. The molecule has 0 amide bonds. The molecule has 0 bridgehead atoms. The second-order valence-corrected chi connectivity index (χ2v) is 4.46. The third-order valence-corrected chi connectivity index (χ3v) is 2.53. The number of benzene rings is 1. The molecule has 0 spiro atoms. The number of nitrogens with one attached hydrogen (secondary N) is 1. The molecule has 0 aliphatic heterocycles. The maximum absolute atomic E-state index is 5.84. The van der Waals surface area contributed by atoms with Crippen molar-refractivity contribution in [1.29, 1.82) is 0 Å². The van der Waals surface area contributed by atoms with E-state index in [4.69, 9.17) is 11.6 Å². The fraction of sp³-hybridized carbons (Fsp3) is 0.364. The Morgan fingerprint density at radius 3 is 2.65 bits per heavy atom. The molecule has 17 heavy (non-hydrogen) atoms. The summed E-state index contributed by atoms with van der Waals surface area (Å²) in [5.74, 6) is 0.779. The summed E-state index contributed by atoms with van der Waals surface area (Å²) in [6.07, 6.45) is 0. The van der Waals surface area contributed by atoms with Gasteiger partial charge in [-0.3, -0.25) is 0 Å². The zero-order valence-corrected chi connectivity index (χ0v) is 10.5. The fourth-order valence-corrected chi connectivity index (χ4v) is 1.52. The summed E-state index contributed by atoms with van der Waals surface area (Å²) >= 11 is 5.84. The van der Waals surface area contributed by atoms with E-state index >= 15 is 0 Å². The van der Waals surface area contributed by atoms with Crippen molar-refractivity contribution in [1.82, 2.24) is 25.5 Å². The summed E-state index contributed by atoms with van der Waals surface area (Å²) in [6, 6.07) is 7.80. The summed E-state index contributed by atoms with van der Waals surface area (Å²) in [6.45, 7) is 4.79. The van der Waals surface area contributed by atoms with Gasteiger partial charge < -0.3 is 5.32 Å². The number of tetrazole rings is 1. The predicted molar refractivity (Wildman–Crippen MR) is 66.1 cm³/mol. The first-order valence-corrected chi connectivity index (χ1v) is 5.81. The monoisotopic (exact) mass is 251 g/mol. The summed E-state index contributed by atoms with van der Waals surface area (Å²) < 4.78 is 1.70. The van der Waals surface area contributed by atoms with Crippen molar-refractivity contribution in [2.24, 2.45) is 0 Å². The normalized spacial score (nSPS) is 11.1. The summed E-state index contributed by atoms with van der Waals surface area (Å²) in [5, 5.41) is 15.6. The Bertz CT molecular complexity index is 477. The van der Waals surface area contributed by atoms with Gasteiger partial charge in [0.15, 0.2) is 5.82 Å². The van der Waals surface area contributed by atoms with E-state index < -0.39 is 0 Å². The molecule has 1 N–H and O–H groups in total. The Kier molecular flexibility index (Phi) is 3.71. The number of nitrogens with zero attached hydrogens (tertiary/aromatic N) is 4. The van der Waals surface area contributed by atoms with Gasteiger partial charge in [-0.05, 0) is 34.7 Å². The van der Waals surface area contributed by atoms with Gasteiger partial charge in [0.25, 0.3) is 0 Å². The van der Waals surface area contributed by atoms with Crippen LogP contribution < -0.4 is 5.32 Å². The van der Waals surface area contributed by atoms with Crippen LogP contribution in [0.15, 0.2) is 24.3 Å². The highest BCUT2D eigenvalue weighted by molar-refractivity contribution is 6.30. The third kappa shape index (κ3) is 3.01. The molecule has 0 radical (unpaired) electrons. The van der Waals surface area contributed by atoms with Crippen molar-refractivity contribution in [3.63, 3.8) is 0 Å². The average Bonchev–Trinajstić information content (AvgIpc) is 2.75.